The molecule has 5 aliphatic heterocycles. The third-order valence-electron chi connectivity index (χ3n) is 10.3. The van der Waals surface area contributed by atoms with E-state index in [4.69, 9.17) is 42.6 Å². The first kappa shape index (κ1) is 46.0. The normalized spacial score (nSPS) is 53.2. The average molecular weight is 829 g/mol. The Morgan fingerprint density at radius 3 is 1.04 bits per heavy atom. The van der Waals surface area contributed by atoms with Crippen LogP contribution >= 0.6 is 0 Å². The lowest BCUT2D eigenvalue weighted by Crippen LogP contribution is -2.66. The van der Waals surface area contributed by atoms with Gasteiger partial charge in [-0.2, -0.15) is 0 Å². The highest BCUT2D eigenvalue weighted by atomic mass is 16.8. The molecular weight excluding hydrogens is 776 g/mol. The van der Waals surface area contributed by atoms with Gasteiger partial charge in [0, 0.05) is 0 Å². The van der Waals surface area contributed by atoms with Gasteiger partial charge in [0.05, 0.1) is 33.0 Å². The van der Waals surface area contributed by atoms with Crippen molar-refractivity contribution >= 4 is 0 Å². The maximum Gasteiger partial charge on any atom is 0.187 e. The lowest BCUT2D eigenvalue weighted by atomic mass is 9.96. The maximum atomic E-state index is 11.3. The van der Waals surface area contributed by atoms with Gasteiger partial charge in [0.1, 0.15) is 122 Å². The van der Waals surface area contributed by atoms with Crippen LogP contribution in [-0.2, 0) is 42.6 Å². The van der Waals surface area contributed by atoms with Crippen molar-refractivity contribution in [3.8, 4) is 0 Å². The van der Waals surface area contributed by atoms with Gasteiger partial charge in [-0.05, 0) is 0 Å². The Balaban J connectivity index is 1.32. The Morgan fingerprint density at radius 1 is 0.304 bits per heavy atom. The second kappa shape index (κ2) is 19.6. The van der Waals surface area contributed by atoms with E-state index >= 15 is 0 Å². The number of rotatable bonds is 13. The van der Waals surface area contributed by atoms with E-state index in [0.717, 1.165) is 0 Å². The summed E-state index contributed by atoms with van der Waals surface area (Å²) in [5.41, 5.74) is 0. The fourth-order valence-electron chi connectivity index (χ4n) is 6.81. The highest BCUT2D eigenvalue weighted by Crippen LogP contribution is 2.33. The third-order valence-corrected chi connectivity index (χ3v) is 10.3. The fraction of sp³-hybridized carbons (Fsp3) is 1.00. The van der Waals surface area contributed by atoms with Gasteiger partial charge in [0.25, 0.3) is 0 Å². The van der Waals surface area contributed by atoms with Crippen LogP contribution < -0.4 is 0 Å². The third kappa shape index (κ3) is 9.46. The van der Waals surface area contributed by atoms with E-state index in [1.807, 2.05) is 0 Å². The summed E-state index contributed by atoms with van der Waals surface area (Å²) in [7, 11) is 0. The van der Waals surface area contributed by atoms with E-state index in [9.17, 15) is 86.8 Å². The van der Waals surface area contributed by atoms with Gasteiger partial charge >= 0.3 is 0 Å². The first-order valence-electron chi connectivity index (χ1n) is 17.6. The van der Waals surface area contributed by atoms with Gasteiger partial charge in [-0.1, -0.05) is 0 Å². The summed E-state index contributed by atoms with van der Waals surface area (Å²) in [6.07, 6.45) is -45.9. The molecule has 328 valence electrons. The van der Waals surface area contributed by atoms with E-state index < -0.39 is 187 Å². The SMILES string of the molecule is OC[C@H]1O[C@H](OC[C@H]2O[C@H](OC[C@H]3OC(O)[C@@H](O)[C@@H](O[C@H]4O[C@H](CO)[C@@H](O)[C@H](O)[C@@H]4O)[C@@H]3O)[C@@H](O)[C@@H](O[C@H]3O[C@H](CO)[C@@H](O)[C@H](O)[C@@H]3O)[C@@H]2O)[C@@H](O)[C@@H](O)[C@@H]1O. The largest absolute Gasteiger partial charge is 0.394 e. The Bertz CT molecular complexity index is 1200. The molecule has 5 aliphatic rings. The highest BCUT2D eigenvalue weighted by molar-refractivity contribution is 4.97. The molecule has 0 amide bonds. The van der Waals surface area contributed by atoms with Gasteiger partial charge in [0.15, 0.2) is 31.5 Å². The zero-order valence-electron chi connectivity index (χ0n) is 29.2. The predicted molar refractivity (Wildman–Crippen MR) is 167 cm³/mol. The van der Waals surface area contributed by atoms with E-state index in [0.29, 0.717) is 0 Å². The van der Waals surface area contributed by atoms with E-state index in [2.05, 4.69) is 0 Å². The van der Waals surface area contributed by atoms with Crippen molar-refractivity contribution < 1.29 is 129 Å². The molecule has 0 saturated carbocycles. The number of aliphatic hydroxyl groups is 17. The molecule has 5 saturated heterocycles. The van der Waals surface area contributed by atoms with Crippen LogP contribution in [-0.4, -0.2) is 273 Å². The molecule has 5 fully saturated rings. The van der Waals surface area contributed by atoms with Gasteiger partial charge in [-0.25, -0.2) is 0 Å². The molecule has 0 radical (unpaired) electrons. The van der Waals surface area contributed by atoms with Crippen LogP contribution in [0.2, 0.25) is 0 Å². The van der Waals surface area contributed by atoms with Crippen molar-refractivity contribution in [3.63, 3.8) is 0 Å². The molecule has 26 heteroatoms. The Morgan fingerprint density at radius 2 is 0.625 bits per heavy atom. The van der Waals surface area contributed by atoms with Crippen LogP contribution in [0, 0.1) is 0 Å². The molecule has 5 heterocycles. The zero-order valence-corrected chi connectivity index (χ0v) is 29.2. The van der Waals surface area contributed by atoms with Crippen molar-refractivity contribution in [2.45, 2.75) is 154 Å². The number of aliphatic hydroxyl groups excluding tert-OH is 17. The second-order valence-electron chi connectivity index (χ2n) is 14.0. The van der Waals surface area contributed by atoms with E-state index in [-0.39, 0.29) is 0 Å². The Kier molecular flexibility index (Phi) is 16.1. The van der Waals surface area contributed by atoms with Crippen LogP contribution in [0.15, 0.2) is 0 Å². The minimum absolute atomic E-state index is 0.784. The molecular formula is C30H52O26. The lowest BCUT2D eigenvalue weighted by Gasteiger charge is -2.47. The molecule has 17 N–H and O–H groups in total. The van der Waals surface area contributed by atoms with Gasteiger partial charge in [0.2, 0.25) is 0 Å². The molecule has 0 aromatic heterocycles. The second-order valence-corrected chi connectivity index (χ2v) is 14.0. The van der Waals surface area contributed by atoms with Crippen LogP contribution in [0.25, 0.3) is 0 Å². The summed E-state index contributed by atoms with van der Waals surface area (Å²) in [5, 5.41) is 175. The van der Waals surface area contributed by atoms with Crippen LogP contribution in [0.1, 0.15) is 0 Å². The van der Waals surface area contributed by atoms with Crippen molar-refractivity contribution in [3.05, 3.63) is 0 Å². The molecule has 56 heavy (non-hydrogen) atoms. The fourth-order valence-corrected chi connectivity index (χ4v) is 6.81. The van der Waals surface area contributed by atoms with Gasteiger partial charge in [-0.3, -0.25) is 0 Å². The summed E-state index contributed by atoms with van der Waals surface area (Å²) < 4.78 is 49.0. The molecule has 26 nitrogen and oxygen atoms in total. The lowest BCUT2D eigenvalue weighted by molar-refractivity contribution is -0.375. The average Bonchev–Trinajstić information content (AvgIpc) is 3.18. The number of hydrogen-bond acceptors (Lipinski definition) is 26. The van der Waals surface area contributed by atoms with Crippen molar-refractivity contribution in [2.24, 2.45) is 0 Å². The Hall–Kier alpha value is -1.04. The summed E-state index contributed by atoms with van der Waals surface area (Å²) in [4.78, 5) is 0. The number of ether oxygens (including phenoxy) is 9. The highest BCUT2D eigenvalue weighted by Gasteiger charge is 2.54. The molecule has 0 aliphatic carbocycles. The van der Waals surface area contributed by atoms with Crippen LogP contribution in [0.3, 0.4) is 0 Å². The molecule has 25 atom stereocenters. The minimum Gasteiger partial charge on any atom is -0.394 e. The van der Waals surface area contributed by atoms with Crippen LogP contribution in [0.5, 0.6) is 0 Å². The quantitative estimate of drug-likeness (QED) is 0.0819. The van der Waals surface area contributed by atoms with Gasteiger partial charge in [-0.15, -0.1) is 0 Å². The first-order valence-corrected chi connectivity index (χ1v) is 17.6. The topological polar surface area (TPSA) is 427 Å². The molecule has 5 rings (SSSR count). The van der Waals surface area contributed by atoms with Crippen LogP contribution in [0.4, 0.5) is 0 Å². The zero-order chi connectivity index (χ0) is 41.3. The number of hydrogen-bond donors (Lipinski definition) is 17. The standard InChI is InChI=1S/C30H52O26/c31-1-6-11(34)16(39)19(42)27(51-6)48-5-10-15(38)25(56-30-21(44)18(41)13(36)8(3-33)53-30)23(46)28(54-10)49-4-9-14(37)24(22(45)26(47)50-9)55-29-20(43)17(40)12(35)7(2-32)52-29/h6-47H,1-5H2/t6-,7-,8-,9-,10-,11-,12-,13-,14-,15-,16+,17+,18+,19+,20+,21+,22+,23+,24+,25+,26?,27+,28+,29-,30-/m1/s1. The molecule has 0 aromatic carbocycles. The Labute approximate surface area is 316 Å². The van der Waals surface area contributed by atoms with Crippen molar-refractivity contribution in [1.82, 2.24) is 0 Å². The summed E-state index contributed by atoms with van der Waals surface area (Å²) in [6.45, 7) is -4.13. The first-order chi connectivity index (χ1) is 26.4. The van der Waals surface area contributed by atoms with Gasteiger partial charge < -0.3 is 129 Å². The van der Waals surface area contributed by atoms with Crippen molar-refractivity contribution in [1.29, 1.82) is 0 Å². The summed E-state index contributed by atoms with van der Waals surface area (Å²) >= 11 is 0. The van der Waals surface area contributed by atoms with E-state index in [1.165, 1.54) is 0 Å². The summed E-state index contributed by atoms with van der Waals surface area (Å²) in [5.74, 6) is 0. The molecule has 0 bridgehead atoms. The summed E-state index contributed by atoms with van der Waals surface area (Å²) in [6, 6.07) is 0. The molecule has 1 unspecified atom stereocenters. The predicted octanol–water partition coefficient (Wildman–Crippen LogP) is -11.9. The smallest absolute Gasteiger partial charge is 0.187 e. The monoisotopic (exact) mass is 828 g/mol. The maximum absolute atomic E-state index is 11.3. The molecule has 0 spiro atoms. The van der Waals surface area contributed by atoms with E-state index in [1.54, 1.807) is 0 Å². The minimum atomic E-state index is -2.11. The molecule has 0 aromatic rings. The van der Waals surface area contributed by atoms with Crippen molar-refractivity contribution in [2.75, 3.05) is 33.0 Å².